The lowest BCUT2D eigenvalue weighted by Crippen LogP contribution is -2.11. The number of ether oxygens (including phenoxy) is 3. The average molecular weight is 477 g/mol. The van der Waals surface area contributed by atoms with Gasteiger partial charge in [-0.3, -0.25) is 9.29 Å². The Hall–Kier alpha value is -2.42. The molecule has 1 unspecified atom stereocenters. The lowest BCUT2D eigenvalue weighted by molar-refractivity contribution is 0.103. The SMILES string of the molecule is CC.COc1cccc(OC)c1-n1c(NSCc2cccc(Cl)c2)nnc1C1CCCO1. The fourth-order valence-electron chi connectivity index (χ4n) is 3.44. The molecule has 0 saturated carbocycles. The highest BCUT2D eigenvalue weighted by atomic mass is 35.5. The summed E-state index contributed by atoms with van der Waals surface area (Å²) in [5, 5.41) is 9.56. The highest BCUT2D eigenvalue weighted by molar-refractivity contribution is 7.99. The minimum Gasteiger partial charge on any atom is -0.494 e. The Kier molecular flexibility index (Phi) is 9.08. The maximum Gasteiger partial charge on any atom is 0.239 e. The number of nitrogens with zero attached hydrogens (tertiary/aromatic N) is 3. The number of benzene rings is 2. The lowest BCUT2D eigenvalue weighted by atomic mass is 10.2. The van der Waals surface area contributed by atoms with Gasteiger partial charge < -0.3 is 14.2 Å². The number of para-hydroxylation sites is 1. The van der Waals surface area contributed by atoms with E-state index in [0.29, 0.717) is 29.8 Å². The molecule has 9 heteroatoms. The third-order valence-electron chi connectivity index (χ3n) is 4.82. The summed E-state index contributed by atoms with van der Waals surface area (Å²) < 4.78 is 22.4. The second-order valence-corrected chi connectivity index (χ2v) is 7.97. The van der Waals surface area contributed by atoms with Crippen molar-refractivity contribution in [1.82, 2.24) is 14.8 Å². The van der Waals surface area contributed by atoms with Crippen LogP contribution < -0.4 is 14.2 Å². The smallest absolute Gasteiger partial charge is 0.239 e. The molecule has 0 radical (unpaired) electrons. The number of hydrogen-bond donors (Lipinski definition) is 1. The van der Waals surface area contributed by atoms with Crippen LogP contribution in [0.15, 0.2) is 42.5 Å². The van der Waals surface area contributed by atoms with Gasteiger partial charge in [0.15, 0.2) is 5.82 Å². The van der Waals surface area contributed by atoms with Gasteiger partial charge in [-0.05, 0) is 54.6 Å². The summed E-state index contributed by atoms with van der Waals surface area (Å²) in [7, 11) is 3.27. The molecule has 1 atom stereocenters. The number of anilines is 1. The molecule has 32 heavy (non-hydrogen) atoms. The van der Waals surface area contributed by atoms with E-state index < -0.39 is 0 Å². The molecule has 2 aromatic carbocycles. The molecule has 1 saturated heterocycles. The molecule has 0 spiro atoms. The Morgan fingerprint density at radius 3 is 2.47 bits per heavy atom. The largest absolute Gasteiger partial charge is 0.494 e. The number of rotatable bonds is 8. The third-order valence-corrected chi connectivity index (χ3v) is 5.86. The first kappa shape index (κ1) is 24.2. The molecule has 1 aliphatic rings. The predicted octanol–water partition coefficient (Wildman–Crippen LogP) is 6.08. The highest BCUT2D eigenvalue weighted by Crippen LogP contribution is 2.39. The van der Waals surface area contributed by atoms with Crippen molar-refractivity contribution < 1.29 is 14.2 Å². The van der Waals surface area contributed by atoms with Gasteiger partial charge in [0.05, 0.1) is 14.2 Å². The molecular weight excluding hydrogens is 448 g/mol. The van der Waals surface area contributed by atoms with Crippen molar-refractivity contribution in [3.05, 3.63) is 58.9 Å². The molecular formula is C23H29ClN4O3S. The molecule has 172 valence electrons. The normalized spacial score (nSPS) is 15.1. The average Bonchev–Trinajstić information content (AvgIpc) is 3.50. The Morgan fingerprint density at radius 1 is 1.12 bits per heavy atom. The van der Waals surface area contributed by atoms with Gasteiger partial charge in [-0.15, -0.1) is 10.2 Å². The van der Waals surface area contributed by atoms with Gasteiger partial charge in [0.25, 0.3) is 0 Å². The first-order valence-corrected chi connectivity index (χ1v) is 12.0. The maximum atomic E-state index is 6.09. The second kappa shape index (κ2) is 12.0. The van der Waals surface area contributed by atoms with E-state index in [1.165, 1.54) is 11.9 Å². The van der Waals surface area contributed by atoms with E-state index in [9.17, 15) is 0 Å². The molecule has 0 bridgehead atoms. The minimum absolute atomic E-state index is 0.124. The number of methoxy groups -OCH3 is 2. The zero-order valence-corrected chi connectivity index (χ0v) is 20.4. The number of aromatic nitrogens is 3. The molecule has 1 fully saturated rings. The second-order valence-electron chi connectivity index (χ2n) is 6.75. The van der Waals surface area contributed by atoms with Gasteiger partial charge in [-0.2, -0.15) is 0 Å². The van der Waals surface area contributed by atoms with Gasteiger partial charge in [-0.1, -0.05) is 43.6 Å². The van der Waals surface area contributed by atoms with E-state index in [2.05, 4.69) is 14.9 Å². The summed E-state index contributed by atoms with van der Waals surface area (Å²) in [5.41, 5.74) is 1.85. The quantitative estimate of drug-likeness (QED) is 0.395. The van der Waals surface area contributed by atoms with Crippen LogP contribution in [0.25, 0.3) is 5.69 Å². The molecule has 4 rings (SSSR count). The lowest BCUT2D eigenvalue weighted by Gasteiger charge is -2.19. The van der Waals surface area contributed by atoms with Crippen LogP contribution in [-0.2, 0) is 10.5 Å². The summed E-state index contributed by atoms with van der Waals surface area (Å²) >= 11 is 7.60. The Labute approximate surface area is 198 Å². The first-order chi connectivity index (χ1) is 15.7. The van der Waals surface area contributed by atoms with Crippen molar-refractivity contribution in [1.29, 1.82) is 0 Å². The first-order valence-electron chi connectivity index (χ1n) is 10.6. The fourth-order valence-corrected chi connectivity index (χ4v) is 4.33. The van der Waals surface area contributed by atoms with E-state index in [0.717, 1.165) is 34.9 Å². The topological polar surface area (TPSA) is 70.4 Å². The van der Waals surface area contributed by atoms with Crippen LogP contribution >= 0.6 is 23.5 Å². The molecule has 0 amide bonds. The van der Waals surface area contributed by atoms with Crippen molar-refractivity contribution in [2.75, 3.05) is 25.5 Å². The molecule has 3 aromatic rings. The van der Waals surface area contributed by atoms with Crippen molar-refractivity contribution in [3.63, 3.8) is 0 Å². The van der Waals surface area contributed by atoms with Gasteiger partial charge in [0.2, 0.25) is 5.95 Å². The van der Waals surface area contributed by atoms with Crippen molar-refractivity contribution in [2.24, 2.45) is 0 Å². The van der Waals surface area contributed by atoms with Crippen molar-refractivity contribution in [2.45, 2.75) is 38.5 Å². The van der Waals surface area contributed by atoms with Crippen LogP contribution in [0.5, 0.6) is 11.5 Å². The van der Waals surface area contributed by atoms with E-state index in [-0.39, 0.29) is 6.10 Å². The molecule has 1 N–H and O–H groups in total. The van der Waals surface area contributed by atoms with Crippen LogP contribution in [-0.4, -0.2) is 35.6 Å². The van der Waals surface area contributed by atoms with Crippen LogP contribution in [0.1, 0.15) is 44.2 Å². The van der Waals surface area contributed by atoms with Crippen molar-refractivity contribution in [3.8, 4) is 17.2 Å². The zero-order chi connectivity index (χ0) is 22.9. The zero-order valence-electron chi connectivity index (χ0n) is 18.8. The van der Waals surface area contributed by atoms with Crippen LogP contribution in [0, 0.1) is 0 Å². The van der Waals surface area contributed by atoms with Gasteiger partial charge in [0, 0.05) is 17.4 Å². The standard InChI is InChI=1S/C21H23ClN4O3S.C2H6/c1-27-16-8-4-9-17(28-2)19(16)26-20(18-10-5-11-29-18)23-24-21(26)25-30-13-14-6-3-7-15(22)12-14;1-2/h3-4,6-9,12,18H,5,10-11,13H2,1-2H3,(H,24,25);1-2H3. The summed E-state index contributed by atoms with van der Waals surface area (Å²) in [6, 6.07) is 13.4. The summed E-state index contributed by atoms with van der Waals surface area (Å²) in [6.07, 6.45) is 1.76. The number of halogens is 1. The van der Waals surface area contributed by atoms with E-state index in [4.69, 9.17) is 25.8 Å². The van der Waals surface area contributed by atoms with E-state index in [1.807, 2.05) is 60.9 Å². The highest BCUT2D eigenvalue weighted by Gasteiger charge is 2.29. The van der Waals surface area contributed by atoms with Crippen molar-refractivity contribution >= 4 is 29.5 Å². The van der Waals surface area contributed by atoms with Gasteiger partial charge >= 0.3 is 0 Å². The van der Waals surface area contributed by atoms with Gasteiger partial charge in [0.1, 0.15) is 23.3 Å². The van der Waals surface area contributed by atoms with Gasteiger partial charge in [-0.25, -0.2) is 0 Å². The van der Waals surface area contributed by atoms with E-state index in [1.54, 1.807) is 14.2 Å². The number of nitrogens with one attached hydrogen (secondary N) is 1. The maximum absolute atomic E-state index is 6.09. The van der Waals surface area contributed by atoms with Crippen LogP contribution in [0.2, 0.25) is 5.02 Å². The molecule has 1 aromatic heterocycles. The third kappa shape index (κ3) is 5.49. The molecule has 7 nitrogen and oxygen atoms in total. The molecule has 0 aliphatic carbocycles. The Morgan fingerprint density at radius 2 is 1.84 bits per heavy atom. The molecule has 2 heterocycles. The van der Waals surface area contributed by atoms with Crippen LogP contribution in [0.3, 0.4) is 0 Å². The van der Waals surface area contributed by atoms with E-state index >= 15 is 0 Å². The monoisotopic (exact) mass is 476 g/mol. The Balaban J connectivity index is 0.00000141. The van der Waals surface area contributed by atoms with Crippen LogP contribution in [0.4, 0.5) is 5.95 Å². The predicted molar refractivity (Wildman–Crippen MR) is 130 cm³/mol. The summed E-state index contributed by atoms with van der Waals surface area (Å²) in [6.45, 7) is 4.72. The molecule has 1 aliphatic heterocycles. The minimum atomic E-state index is -0.124. The summed E-state index contributed by atoms with van der Waals surface area (Å²) in [5.74, 6) is 3.34. The number of hydrogen-bond acceptors (Lipinski definition) is 7. The fraction of sp³-hybridized carbons (Fsp3) is 0.391. The Bertz CT molecular complexity index is 986. The summed E-state index contributed by atoms with van der Waals surface area (Å²) in [4.78, 5) is 0.